The average molecular weight is 395 g/mol. The zero-order valence-corrected chi connectivity index (χ0v) is 16.6. The Balaban J connectivity index is 1.85. The molecule has 2 fully saturated rings. The highest BCUT2D eigenvalue weighted by Crippen LogP contribution is 2.44. The number of carboxylic acids is 1. The number of amides is 1. The second kappa shape index (κ2) is 7.98. The van der Waals surface area contributed by atoms with Crippen molar-refractivity contribution in [3.63, 3.8) is 0 Å². The number of nitrogens with one attached hydrogen (secondary N) is 1. The van der Waals surface area contributed by atoms with Gasteiger partial charge in [0, 0.05) is 4.88 Å². The third-order valence-electron chi connectivity index (χ3n) is 5.30. The predicted octanol–water partition coefficient (Wildman–Crippen LogP) is 3.00. The minimum atomic E-state index is -1.01. The zero-order valence-electron chi connectivity index (χ0n) is 15.7. The summed E-state index contributed by atoms with van der Waals surface area (Å²) in [4.78, 5) is 38.0. The van der Waals surface area contributed by atoms with Crippen LogP contribution in [0.2, 0.25) is 0 Å². The van der Waals surface area contributed by atoms with Crippen LogP contribution in [0.15, 0.2) is 0 Å². The molecule has 2 saturated heterocycles. The van der Waals surface area contributed by atoms with E-state index in [4.69, 9.17) is 9.47 Å². The van der Waals surface area contributed by atoms with Crippen LogP contribution in [-0.2, 0) is 25.5 Å². The van der Waals surface area contributed by atoms with Crippen molar-refractivity contribution in [2.24, 2.45) is 11.8 Å². The lowest BCUT2D eigenvalue weighted by molar-refractivity contribution is -0.147. The van der Waals surface area contributed by atoms with Crippen molar-refractivity contribution in [2.45, 2.75) is 58.7 Å². The molecule has 2 aliphatic heterocycles. The van der Waals surface area contributed by atoms with Gasteiger partial charge in [0.1, 0.15) is 5.00 Å². The molecule has 0 radical (unpaired) electrons. The number of hydrogen-bond acceptors (Lipinski definition) is 6. The summed E-state index contributed by atoms with van der Waals surface area (Å²) in [6, 6.07) is 0. The van der Waals surface area contributed by atoms with Gasteiger partial charge in [0.15, 0.2) is 0 Å². The lowest BCUT2D eigenvalue weighted by Gasteiger charge is -2.23. The number of fused-ring (bicyclic) bond motifs is 2. The smallest absolute Gasteiger partial charge is 0.341 e. The van der Waals surface area contributed by atoms with Gasteiger partial charge in [-0.05, 0) is 38.2 Å². The third kappa shape index (κ3) is 3.60. The Bertz CT molecular complexity index is 758. The van der Waals surface area contributed by atoms with Crippen molar-refractivity contribution >= 4 is 34.2 Å². The number of carboxylic acid groups (broad SMARTS) is 1. The Labute approximate surface area is 162 Å². The molecule has 0 spiro atoms. The Kier molecular flexibility index (Phi) is 5.86. The largest absolute Gasteiger partial charge is 0.481 e. The topological polar surface area (TPSA) is 102 Å². The summed E-state index contributed by atoms with van der Waals surface area (Å²) in [5, 5.41) is 12.8. The number of aryl methyl sites for hydroxylation is 1. The zero-order chi connectivity index (χ0) is 19.7. The molecule has 2 N–H and O–H groups in total. The molecule has 3 rings (SSSR count). The van der Waals surface area contributed by atoms with E-state index in [1.54, 1.807) is 0 Å². The van der Waals surface area contributed by atoms with E-state index in [2.05, 4.69) is 5.32 Å². The summed E-state index contributed by atoms with van der Waals surface area (Å²) in [5.41, 5.74) is 1.24. The normalized spacial score (nSPS) is 26.2. The molecule has 2 bridgehead atoms. The number of ether oxygens (including phenoxy) is 2. The summed E-state index contributed by atoms with van der Waals surface area (Å²) in [6.45, 7) is 6.07. The fourth-order valence-corrected chi connectivity index (χ4v) is 5.23. The van der Waals surface area contributed by atoms with E-state index >= 15 is 0 Å². The first kappa shape index (κ1) is 19.8. The fraction of sp³-hybridized carbons (Fsp3) is 0.632. The SMILES string of the molecule is CCCOC(=O)c1c(NC(=O)[C@H]2[C@H](C(=O)O)[C@H]3CC[C@H]2O3)sc(C)c1CC. The lowest BCUT2D eigenvalue weighted by Crippen LogP contribution is -2.41. The quantitative estimate of drug-likeness (QED) is 0.688. The minimum absolute atomic E-state index is 0.311. The number of thiophene rings is 1. The molecule has 27 heavy (non-hydrogen) atoms. The molecule has 0 saturated carbocycles. The molecule has 1 amide bonds. The standard InChI is InChI=1S/C19H25NO6S/c1-4-8-25-19(24)13-10(5-2)9(3)27-17(13)20-16(21)14-11-6-7-12(26-11)15(14)18(22)23/h11-12,14-15H,4-8H2,1-3H3,(H,20,21)(H,22,23)/t11-,12-,14-,15-/m1/s1. The second-order valence-corrected chi connectivity index (χ2v) is 8.22. The van der Waals surface area contributed by atoms with Crippen LogP contribution < -0.4 is 5.32 Å². The van der Waals surface area contributed by atoms with Crippen LogP contribution in [-0.4, -0.2) is 41.8 Å². The van der Waals surface area contributed by atoms with E-state index in [0.717, 1.165) is 10.4 Å². The minimum Gasteiger partial charge on any atom is -0.481 e. The molecule has 1 aromatic rings. The van der Waals surface area contributed by atoms with Gasteiger partial charge in [-0.1, -0.05) is 13.8 Å². The molecule has 8 heteroatoms. The van der Waals surface area contributed by atoms with Crippen LogP contribution >= 0.6 is 11.3 Å². The predicted molar refractivity (Wildman–Crippen MR) is 100 cm³/mol. The van der Waals surface area contributed by atoms with Crippen LogP contribution in [0.1, 0.15) is 53.9 Å². The number of anilines is 1. The van der Waals surface area contributed by atoms with Crippen molar-refractivity contribution in [1.82, 2.24) is 0 Å². The Morgan fingerprint density at radius 3 is 2.48 bits per heavy atom. The van der Waals surface area contributed by atoms with Gasteiger partial charge in [-0.15, -0.1) is 11.3 Å². The van der Waals surface area contributed by atoms with Crippen LogP contribution in [0, 0.1) is 18.8 Å². The monoisotopic (exact) mass is 395 g/mol. The van der Waals surface area contributed by atoms with Crippen LogP contribution in [0.4, 0.5) is 5.00 Å². The van der Waals surface area contributed by atoms with Crippen molar-refractivity contribution in [1.29, 1.82) is 0 Å². The molecule has 7 nitrogen and oxygen atoms in total. The van der Waals surface area contributed by atoms with E-state index in [-0.39, 0.29) is 6.10 Å². The molecule has 4 atom stereocenters. The molecule has 0 unspecified atom stereocenters. The van der Waals surface area contributed by atoms with E-state index in [0.29, 0.717) is 42.9 Å². The number of aliphatic carboxylic acids is 1. The average Bonchev–Trinajstić information content (AvgIpc) is 3.31. The molecular weight excluding hydrogens is 370 g/mol. The highest BCUT2D eigenvalue weighted by Gasteiger charge is 2.55. The highest BCUT2D eigenvalue weighted by atomic mass is 32.1. The van der Waals surface area contributed by atoms with Gasteiger partial charge in [-0.25, -0.2) is 4.79 Å². The van der Waals surface area contributed by atoms with E-state index < -0.39 is 35.8 Å². The molecular formula is C19H25NO6S. The summed E-state index contributed by atoms with van der Waals surface area (Å²) >= 11 is 1.32. The first-order valence-electron chi connectivity index (χ1n) is 9.37. The third-order valence-corrected chi connectivity index (χ3v) is 6.36. The summed E-state index contributed by atoms with van der Waals surface area (Å²) in [7, 11) is 0. The molecule has 3 heterocycles. The molecule has 0 aromatic carbocycles. The number of carbonyl (C=O) groups is 3. The summed E-state index contributed by atoms with van der Waals surface area (Å²) in [6.07, 6.45) is 1.91. The van der Waals surface area contributed by atoms with Crippen molar-refractivity contribution in [3.05, 3.63) is 16.0 Å². The van der Waals surface area contributed by atoms with Gasteiger partial charge in [0.05, 0.1) is 36.2 Å². The maximum absolute atomic E-state index is 12.9. The number of carbonyl (C=O) groups excluding carboxylic acids is 2. The number of rotatable bonds is 7. The lowest BCUT2D eigenvalue weighted by atomic mass is 9.79. The van der Waals surface area contributed by atoms with Gasteiger partial charge in [-0.2, -0.15) is 0 Å². The first-order valence-corrected chi connectivity index (χ1v) is 10.2. The Morgan fingerprint density at radius 2 is 1.89 bits per heavy atom. The molecule has 148 valence electrons. The molecule has 2 aliphatic rings. The van der Waals surface area contributed by atoms with Crippen molar-refractivity contribution in [2.75, 3.05) is 11.9 Å². The van der Waals surface area contributed by atoms with Crippen LogP contribution in [0.5, 0.6) is 0 Å². The highest BCUT2D eigenvalue weighted by molar-refractivity contribution is 7.16. The second-order valence-electron chi connectivity index (χ2n) is 7.00. The van der Waals surface area contributed by atoms with Crippen molar-refractivity contribution < 1.29 is 29.0 Å². The summed E-state index contributed by atoms with van der Waals surface area (Å²) in [5.74, 6) is -3.45. The van der Waals surface area contributed by atoms with Crippen LogP contribution in [0.25, 0.3) is 0 Å². The van der Waals surface area contributed by atoms with Gasteiger partial charge in [0.25, 0.3) is 0 Å². The number of esters is 1. The summed E-state index contributed by atoms with van der Waals surface area (Å²) < 4.78 is 11.0. The molecule has 1 aromatic heterocycles. The van der Waals surface area contributed by atoms with Crippen molar-refractivity contribution in [3.8, 4) is 0 Å². The fourth-order valence-electron chi connectivity index (χ4n) is 4.10. The first-order chi connectivity index (χ1) is 12.9. The van der Waals surface area contributed by atoms with Gasteiger partial charge in [-0.3, -0.25) is 9.59 Å². The van der Waals surface area contributed by atoms with Gasteiger partial charge < -0.3 is 19.9 Å². The van der Waals surface area contributed by atoms with E-state index in [9.17, 15) is 19.5 Å². The maximum Gasteiger partial charge on any atom is 0.341 e. The maximum atomic E-state index is 12.9. The Morgan fingerprint density at radius 1 is 1.22 bits per heavy atom. The van der Waals surface area contributed by atoms with E-state index in [1.165, 1.54) is 11.3 Å². The molecule has 0 aliphatic carbocycles. The van der Waals surface area contributed by atoms with Gasteiger partial charge in [0.2, 0.25) is 5.91 Å². The Hall–Kier alpha value is -1.93. The van der Waals surface area contributed by atoms with Crippen LogP contribution in [0.3, 0.4) is 0 Å². The van der Waals surface area contributed by atoms with E-state index in [1.807, 2.05) is 20.8 Å². The number of hydrogen-bond donors (Lipinski definition) is 2. The van der Waals surface area contributed by atoms with Gasteiger partial charge >= 0.3 is 11.9 Å².